The van der Waals surface area contributed by atoms with E-state index in [0.717, 1.165) is 10.0 Å². The molecular weight excluding hydrogens is 472 g/mol. The number of nitriles is 1. The molecule has 7 nitrogen and oxygen atoms in total. The van der Waals surface area contributed by atoms with Crippen LogP contribution in [0, 0.1) is 11.3 Å². The van der Waals surface area contributed by atoms with Gasteiger partial charge in [-0.05, 0) is 42.5 Å². The van der Waals surface area contributed by atoms with E-state index >= 15 is 0 Å². The summed E-state index contributed by atoms with van der Waals surface area (Å²) in [7, 11) is 0. The highest BCUT2D eigenvalue weighted by Gasteiger charge is 2.08. The van der Waals surface area contributed by atoms with Crippen LogP contribution in [0.3, 0.4) is 0 Å². The van der Waals surface area contributed by atoms with Crippen LogP contribution in [0.5, 0.6) is 5.75 Å². The molecule has 0 unspecified atom stereocenters. The largest absolute Gasteiger partial charge is 0.488 e. The number of halogens is 1. The van der Waals surface area contributed by atoms with E-state index in [4.69, 9.17) is 4.74 Å². The summed E-state index contributed by atoms with van der Waals surface area (Å²) in [6.07, 6.45) is 1.48. The Morgan fingerprint density at radius 3 is 2.72 bits per heavy atom. The maximum absolute atomic E-state index is 12.4. The van der Waals surface area contributed by atoms with Gasteiger partial charge >= 0.3 is 0 Å². The summed E-state index contributed by atoms with van der Waals surface area (Å²) in [5.74, 6) is -0.0966. The third-order valence-corrected chi connectivity index (χ3v) is 4.80. The summed E-state index contributed by atoms with van der Waals surface area (Å²) in [6, 6.07) is 21.3. The second-order valence-corrected chi connectivity index (χ2v) is 7.62. The fraction of sp³-hybridized carbons (Fsp3) is 0.0833. The van der Waals surface area contributed by atoms with Crippen molar-refractivity contribution in [3.05, 3.63) is 93.5 Å². The summed E-state index contributed by atoms with van der Waals surface area (Å²) in [6.45, 7) is 1.61. The Morgan fingerprint density at radius 2 is 1.94 bits per heavy atom. The van der Waals surface area contributed by atoms with Gasteiger partial charge in [0.2, 0.25) is 5.91 Å². The SMILES string of the molecule is CC(=O)Nc1cccc(C(=O)N/N=C\c2cc(Br)ccc2OCc2ccccc2C#N)c1. The fourth-order valence-corrected chi connectivity index (χ4v) is 3.21. The molecule has 0 saturated heterocycles. The molecule has 0 atom stereocenters. The number of nitrogens with zero attached hydrogens (tertiary/aromatic N) is 2. The van der Waals surface area contributed by atoms with Crippen LogP contribution >= 0.6 is 15.9 Å². The monoisotopic (exact) mass is 490 g/mol. The van der Waals surface area contributed by atoms with E-state index in [-0.39, 0.29) is 12.5 Å². The molecule has 0 fully saturated rings. The van der Waals surface area contributed by atoms with Crippen LogP contribution in [0.25, 0.3) is 0 Å². The van der Waals surface area contributed by atoms with E-state index in [2.05, 4.69) is 37.8 Å². The van der Waals surface area contributed by atoms with Gasteiger partial charge in [0.1, 0.15) is 12.4 Å². The molecule has 0 heterocycles. The molecule has 2 amide bonds. The van der Waals surface area contributed by atoms with E-state index in [1.807, 2.05) is 18.2 Å². The Labute approximate surface area is 193 Å². The Balaban J connectivity index is 1.70. The van der Waals surface area contributed by atoms with E-state index in [0.29, 0.717) is 28.1 Å². The molecule has 0 bridgehead atoms. The minimum atomic E-state index is -0.422. The second kappa shape index (κ2) is 10.9. The van der Waals surface area contributed by atoms with Gasteiger partial charge < -0.3 is 10.1 Å². The Morgan fingerprint density at radius 1 is 1.12 bits per heavy atom. The molecule has 0 saturated carbocycles. The van der Waals surface area contributed by atoms with Crippen molar-refractivity contribution in [2.24, 2.45) is 5.10 Å². The third kappa shape index (κ3) is 6.27. The summed E-state index contributed by atoms with van der Waals surface area (Å²) in [4.78, 5) is 23.6. The molecule has 3 aromatic carbocycles. The number of hydrazone groups is 1. The Bertz CT molecular complexity index is 1220. The first-order valence-electron chi connectivity index (χ1n) is 9.57. The van der Waals surface area contributed by atoms with Gasteiger partial charge in [0.05, 0.1) is 17.8 Å². The van der Waals surface area contributed by atoms with Crippen LogP contribution in [0.15, 0.2) is 76.3 Å². The molecule has 3 rings (SSSR count). The summed E-state index contributed by atoms with van der Waals surface area (Å²) < 4.78 is 6.72. The first kappa shape index (κ1) is 22.7. The highest BCUT2D eigenvalue weighted by molar-refractivity contribution is 9.10. The van der Waals surface area contributed by atoms with Crippen LogP contribution in [-0.2, 0) is 11.4 Å². The lowest BCUT2D eigenvalue weighted by atomic mass is 10.1. The smallest absolute Gasteiger partial charge is 0.271 e. The maximum atomic E-state index is 12.4. The maximum Gasteiger partial charge on any atom is 0.271 e. The zero-order valence-corrected chi connectivity index (χ0v) is 18.7. The Hall–Kier alpha value is -3.96. The number of rotatable bonds is 7. The topological polar surface area (TPSA) is 104 Å². The lowest BCUT2D eigenvalue weighted by molar-refractivity contribution is -0.114. The van der Waals surface area contributed by atoms with Crippen LogP contribution in [0.4, 0.5) is 5.69 Å². The number of amides is 2. The number of nitrogens with one attached hydrogen (secondary N) is 2. The van der Waals surface area contributed by atoms with Gasteiger partial charge in [0.25, 0.3) is 5.91 Å². The minimum absolute atomic E-state index is 0.217. The summed E-state index contributed by atoms with van der Waals surface area (Å²) >= 11 is 3.42. The quantitative estimate of drug-likeness (QED) is 0.372. The van der Waals surface area contributed by atoms with E-state index < -0.39 is 5.91 Å². The molecule has 0 aliphatic heterocycles. The average molecular weight is 491 g/mol. The molecule has 8 heteroatoms. The number of benzene rings is 3. The van der Waals surface area contributed by atoms with E-state index in [1.165, 1.54) is 13.1 Å². The first-order chi connectivity index (χ1) is 15.5. The number of carbonyl (C=O) groups is 2. The highest BCUT2D eigenvalue weighted by Crippen LogP contribution is 2.23. The normalized spacial score (nSPS) is 10.4. The Kier molecular flexibility index (Phi) is 7.73. The van der Waals surface area contributed by atoms with Crippen LogP contribution in [0.1, 0.15) is 34.0 Å². The van der Waals surface area contributed by atoms with Gasteiger partial charge in [-0.1, -0.05) is 40.2 Å². The van der Waals surface area contributed by atoms with Crippen LogP contribution < -0.4 is 15.5 Å². The van der Waals surface area contributed by atoms with Crippen molar-refractivity contribution in [3.8, 4) is 11.8 Å². The first-order valence-corrected chi connectivity index (χ1v) is 10.4. The van der Waals surface area contributed by atoms with Crippen LogP contribution in [-0.4, -0.2) is 18.0 Å². The van der Waals surface area contributed by atoms with Gasteiger partial charge in [-0.3, -0.25) is 9.59 Å². The number of anilines is 1. The molecule has 0 spiro atoms. The van der Waals surface area contributed by atoms with Gasteiger partial charge in [0, 0.05) is 33.8 Å². The number of ether oxygens (including phenoxy) is 1. The highest BCUT2D eigenvalue weighted by atomic mass is 79.9. The zero-order valence-electron chi connectivity index (χ0n) is 17.1. The lowest BCUT2D eigenvalue weighted by Gasteiger charge is -2.10. The van der Waals surface area contributed by atoms with Gasteiger partial charge in [-0.15, -0.1) is 0 Å². The third-order valence-electron chi connectivity index (χ3n) is 4.31. The fourth-order valence-electron chi connectivity index (χ4n) is 2.83. The van der Waals surface area contributed by atoms with Crippen molar-refractivity contribution in [2.45, 2.75) is 13.5 Å². The average Bonchev–Trinajstić information content (AvgIpc) is 2.78. The molecule has 0 aliphatic rings. The second-order valence-electron chi connectivity index (χ2n) is 6.70. The molecule has 0 aliphatic carbocycles. The lowest BCUT2D eigenvalue weighted by Crippen LogP contribution is -2.18. The van der Waals surface area contributed by atoms with Gasteiger partial charge in [-0.25, -0.2) is 5.43 Å². The molecule has 0 aromatic heterocycles. The van der Waals surface area contributed by atoms with Crippen molar-refractivity contribution >= 4 is 39.6 Å². The summed E-state index contributed by atoms with van der Waals surface area (Å²) in [5, 5.41) is 15.9. The molecule has 2 N–H and O–H groups in total. The molecule has 3 aromatic rings. The zero-order chi connectivity index (χ0) is 22.9. The van der Waals surface area contributed by atoms with Crippen LogP contribution in [0.2, 0.25) is 0 Å². The van der Waals surface area contributed by atoms with E-state index in [9.17, 15) is 14.9 Å². The minimum Gasteiger partial charge on any atom is -0.488 e. The molecular formula is C24H19BrN4O3. The van der Waals surface area contributed by atoms with Crippen molar-refractivity contribution < 1.29 is 14.3 Å². The molecule has 32 heavy (non-hydrogen) atoms. The molecule has 160 valence electrons. The van der Waals surface area contributed by atoms with Crippen molar-refractivity contribution in [1.82, 2.24) is 5.43 Å². The number of hydrogen-bond donors (Lipinski definition) is 2. The summed E-state index contributed by atoms with van der Waals surface area (Å²) in [5.41, 5.74) is 5.31. The number of hydrogen-bond acceptors (Lipinski definition) is 5. The predicted molar refractivity (Wildman–Crippen MR) is 125 cm³/mol. The van der Waals surface area contributed by atoms with Gasteiger partial charge in [0.15, 0.2) is 0 Å². The van der Waals surface area contributed by atoms with Crippen molar-refractivity contribution in [2.75, 3.05) is 5.32 Å². The predicted octanol–water partition coefficient (Wildman–Crippen LogP) is 4.62. The van der Waals surface area contributed by atoms with Crippen molar-refractivity contribution in [3.63, 3.8) is 0 Å². The standard InChI is InChI=1S/C24H19BrN4O3/c1-16(30)28-22-8-4-7-17(12-22)24(31)29-27-14-20-11-21(25)9-10-23(20)32-15-19-6-3-2-5-18(19)13-26/h2-12,14H,15H2,1H3,(H,28,30)(H,29,31)/b27-14-. The van der Waals surface area contributed by atoms with Crippen molar-refractivity contribution in [1.29, 1.82) is 5.26 Å². The molecule has 0 radical (unpaired) electrons. The van der Waals surface area contributed by atoms with Gasteiger partial charge in [-0.2, -0.15) is 10.4 Å². The number of carbonyl (C=O) groups excluding carboxylic acids is 2. The van der Waals surface area contributed by atoms with E-state index in [1.54, 1.807) is 48.5 Å².